The van der Waals surface area contributed by atoms with Crippen molar-refractivity contribution in [1.29, 1.82) is 0 Å². The maximum absolute atomic E-state index is 13.4. The molecule has 1 aromatic rings. The summed E-state index contributed by atoms with van der Waals surface area (Å²) >= 11 is 0. The molecule has 0 atom stereocenters. The Labute approximate surface area is 88.0 Å². The number of hydrogen-bond donors (Lipinski definition) is 1. The molecule has 1 aromatic carbocycles. The minimum Gasteiger partial charge on any atom is -0.496 e. The first kappa shape index (κ1) is 11.7. The highest BCUT2D eigenvalue weighted by atomic mass is 19.1. The van der Waals surface area contributed by atoms with Crippen molar-refractivity contribution in [2.75, 3.05) is 13.7 Å². The largest absolute Gasteiger partial charge is 0.496 e. The Morgan fingerprint density at radius 1 is 1.53 bits per heavy atom. The maximum Gasteiger partial charge on any atom is 0.167 e. The quantitative estimate of drug-likeness (QED) is 0.771. The van der Waals surface area contributed by atoms with Crippen molar-refractivity contribution in [3.8, 4) is 5.75 Å². The van der Waals surface area contributed by atoms with Gasteiger partial charge in [-0.2, -0.15) is 0 Å². The molecule has 3 nitrogen and oxygen atoms in total. The lowest BCUT2D eigenvalue weighted by molar-refractivity contribution is 0.0980. The summed E-state index contributed by atoms with van der Waals surface area (Å²) in [4.78, 5) is 11.6. The van der Waals surface area contributed by atoms with Crippen molar-refractivity contribution in [3.05, 3.63) is 29.1 Å². The number of halogens is 1. The molecule has 0 heterocycles. The molecule has 4 heteroatoms. The van der Waals surface area contributed by atoms with Gasteiger partial charge in [-0.25, -0.2) is 4.39 Å². The van der Waals surface area contributed by atoms with Crippen LogP contribution >= 0.6 is 0 Å². The highest BCUT2D eigenvalue weighted by molar-refractivity contribution is 5.98. The van der Waals surface area contributed by atoms with Gasteiger partial charge in [-0.3, -0.25) is 4.79 Å². The molecule has 15 heavy (non-hydrogen) atoms. The minimum atomic E-state index is -0.522. The van der Waals surface area contributed by atoms with E-state index in [1.54, 1.807) is 6.92 Å². The number of nitrogens with two attached hydrogens (primary N) is 1. The summed E-state index contributed by atoms with van der Waals surface area (Å²) in [5.74, 6) is -0.296. The van der Waals surface area contributed by atoms with Crippen molar-refractivity contribution in [1.82, 2.24) is 0 Å². The van der Waals surface area contributed by atoms with E-state index in [4.69, 9.17) is 10.5 Å². The second-order valence-electron chi connectivity index (χ2n) is 3.21. The molecule has 0 saturated heterocycles. The Morgan fingerprint density at radius 3 is 2.73 bits per heavy atom. The van der Waals surface area contributed by atoms with Gasteiger partial charge in [-0.1, -0.05) is 0 Å². The van der Waals surface area contributed by atoms with Crippen LogP contribution in [0.15, 0.2) is 12.1 Å². The Bertz CT molecular complexity index is 377. The van der Waals surface area contributed by atoms with Gasteiger partial charge in [-0.05, 0) is 25.6 Å². The molecule has 82 valence electrons. The molecule has 0 aromatic heterocycles. The lowest BCUT2D eigenvalue weighted by Crippen LogP contribution is -2.11. The van der Waals surface area contributed by atoms with Gasteiger partial charge in [-0.15, -0.1) is 0 Å². The van der Waals surface area contributed by atoms with E-state index in [1.165, 1.54) is 19.2 Å². The molecule has 0 spiro atoms. The van der Waals surface area contributed by atoms with Crippen LogP contribution in [0.25, 0.3) is 0 Å². The summed E-state index contributed by atoms with van der Waals surface area (Å²) in [6.45, 7) is 1.88. The maximum atomic E-state index is 13.4. The minimum absolute atomic E-state index is 0.0831. The molecule has 2 N–H and O–H groups in total. The van der Waals surface area contributed by atoms with Crippen LogP contribution in [0.2, 0.25) is 0 Å². The smallest absolute Gasteiger partial charge is 0.167 e. The Morgan fingerprint density at radius 2 is 2.20 bits per heavy atom. The van der Waals surface area contributed by atoms with Crippen LogP contribution in [0.5, 0.6) is 5.75 Å². The number of ether oxygens (including phenoxy) is 1. The Kier molecular flexibility index (Phi) is 3.80. The van der Waals surface area contributed by atoms with Gasteiger partial charge in [0.15, 0.2) is 5.78 Å². The molecular weight excluding hydrogens is 197 g/mol. The third-order valence-corrected chi connectivity index (χ3v) is 2.23. The average molecular weight is 211 g/mol. The monoisotopic (exact) mass is 211 g/mol. The van der Waals surface area contributed by atoms with E-state index in [0.717, 1.165) is 0 Å². The highest BCUT2D eigenvalue weighted by Gasteiger charge is 2.16. The SMILES string of the molecule is COc1ccc(F)c(C(=O)CCN)c1C. The van der Waals surface area contributed by atoms with E-state index in [9.17, 15) is 9.18 Å². The highest BCUT2D eigenvalue weighted by Crippen LogP contribution is 2.24. The van der Waals surface area contributed by atoms with Crippen LogP contribution in [0.3, 0.4) is 0 Å². The number of methoxy groups -OCH3 is 1. The van der Waals surface area contributed by atoms with Gasteiger partial charge in [0.1, 0.15) is 11.6 Å². The van der Waals surface area contributed by atoms with Crippen LogP contribution in [0.1, 0.15) is 22.3 Å². The van der Waals surface area contributed by atoms with Crippen LogP contribution in [0.4, 0.5) is 4.39 Å². The summed E-state index contributed by atoms with van der Waals surface area (Å²) in [5, 5.41) is 0. The summed E-state index contributed by atoms with van der Waals surface area (Å²) in [6.07, 6.45) is 0.144. The van der Waals surface area contributed by atoms with Gasteiger partial charge in [0, 0.05) is 12.0 Å². The number of hydrogen-bond acceptors (Lipinski definition) is 3. The van der Waals surface area contributed by atoms with Crippen LogP contribution in [-0.2, 0) is 0 Å². The molecule has 1 rings (SSSR count). The lowest BCUT2D eigenvalue weighted by Gasteiger charge is -2.10. The molecule has 0 saturated carbocycles. The first-order chi connectivity index (χ1) is 7.11. The molecular formula is C11H14FNO2. The fourth-order valence-electron chi connectivity index (χ4n) is 1.48. The molecule has 0 unspecified atom stereocenters. The number of carbonyl (C=O) groups is 1. The zero-order chi connectivity index (χ0) is 11.4. The Hall–Kier alpha value is -1.42. The third kappa shape index (κ3) is 2.33. The zero-order valence-electron chi connectivity index (χ0n) is 8.84. The van der Waals surface area contributed by atoms with Crippen molar-refractivity contribution < 1.29 is 13.9 Å². The van der Waals surface area contributed by atoms with Crippen molar-refractivity contribution >= 4 is 5.78 Å². The fourth-order valence-corrected chi connectivity index (χ4v) is 1.48. The first-order valence-corrected chi connectivity index (χ1v) is 4.68. The van der Waals surface area contributed by atoms with Crippen molar-refractivity contribution in [2.45, 2.75) is 13.3 Å². The van der Waals surface area contributed by atoms with Gasteiger partial charge >= 0.3 is 0 Å². The molecule has 0 radical (unpaired) electrons. The second-order valence-corrected chi connectivity index (χ2v) is 3.21. The molecule has 0 amide bonds. The third-order valence-electron chi connectivity index (χ3n) is 2.23. The van der Waals surface area contributed by atoms with E-state index in [0.29, 0.717) is 11.3 Å². The van der Waals surface area contributed by atoms with E-state index >= 15 is 0 Å². The molecule has 0 aliphatic rings. The van der Waals surface area contributed by atoms with E-state index in [1.807, 2.05) is 0 Å². The fraction of sp³-hybridized carbons (Fsp3) is 0.364. The van der Waals surface area contributed by atoms with Gasteiger partial charge in [0.25, 0.3) is 0 Å². The Balaban J connectivity index is 3.20. The topological polar surface area (TPSA) is 52.3 Å². The van der Waals surface area contributed by atoms with E-state index in [2.05, 4.69) is 0 Å². The normalized spacial score (nSPS) is 10.1. The number of ketones is 1. The summed E-state index contributed by atoms with van der Waals surface area (Å²) in [6, 6.07) is 2.74. The lowest BCUT2D eigenvalue weighted by atomic mass is 10.0. The van der Waals surface area contributed by atoms with Crippen LogP contribution in [0, 0.1) is 12.7 Å². The van der Waals surface area contributed by atoms with E-state index in [-0.39, 0.29) is 24.3 Å². The van der Waals surface area contributed by atoms with Gasteiger partial charge < -0.3 is 10.5 Å². The van der Waals surface area contributed by atoms with Crippen LogP contribution < -0.4 is 10.5 Å². The predicted molar refractivity (Wildman–Crippen MR) is 55.7 cm³/mol. The standard InChI is InChI=1S/C11H14FNO2/c1-7-10(15-2)4-3-8(12)11(7)9(14)5-6-13/h3-4H,5-6,13H2,1-2H3. The molecule has 0 fully saturated rings. The van der Waals surface area contributed by atoms with Gasteiger partial charge in [0.2, 0.25) is 0 Å². The van der Waals surface area contributed by atoms with Gasteiger partial charge in [0.05, 0.1) is 12.7 Å². The summed E-state index contributed by atoms with van der Waals surface area (Å²) in [5.41, 5.74) is 5.87. The van der Waals surface area contributed by atoms with E-state index < -0.39 is 5.82 Å². The van der Waals surface area contributed by atoms with Crippen molar-refractivity contribution in [3.63, 3.8) is 0 Å². The van der Waals surface area contributed by atoms with Crippen LogP contribution in [-0.4, -0.2) is 19.4 Å². The molecule has 0 aliphatic carbocycles. The summed E-state index contributed by atoms with van der Waals surface area (Å²) in [7, 11) is 1.48. The number of benzene rings is 1. The average Bonchev–Trinajstić information content (AvgIpc) is 2.18. The molecule has 0 bridgehead atoms. The second kappa shape index (κ2) is 4.89. The zero-order valence-corrected chi connectivity index (χ0v) is 8.84. The number of rotatable bonds is 4. The number of Topliss-reactive ketones (excluding diaryl/α,β-unsaturated/α-hetero) is 1. The summed E-state index contributed by atoms with van der Waals surface area (Å²) < 4.78 is 18.4. The van der Waals surface area contributed by atoms with Crippen molar-refractivity contribution in [2.24, 2.45) is 5.73 Å². The molecule has 0 aliphatic heterocycles. The first-order valence-electron chi connectivity index (χ1n) is 4.68. The predicted octanol–water partition coefficient (Wildman–Crippen LogP) is 1.67. The number of carbonyl (C=O) groups excluding carboxylic acids is 1.